The van der Waals surface area contributed by atoms with E-state index in [-0.39, 0.29) is 17.0 Å². The van der Waals surface area contributed by atoms with Gasteiger partial charge < -0.3 is 9.88 Å². The lowest BCUT2D eigenvalue weighted by atomic mass is 10.3. The largest absolute Gasteiger partial charge is 0.352 e. The number of carbonyl (C=O) groups is 1. The highest BCUT2D eigenvalue weighted by atomic mass is 35.7. The Bertz CT molecular complexity index is 509. The summed E-state index contributed by atoms with van der Waals surface area (Å²) in [5.41, 5.74) is 0. The highest BCUT2D eigenvalue weighted by Crippen LogP contribution is 2.14. The van der Waals surface area contributed by atoms with Gasteiger partial charge in [-0.05, 0) is 20.8 Å². The van der Waals surface area contributed by atoms with Crippen LogP contribution in [0.5, 0.6) is 0 Å². The van der Waals surface area contributed by atoms with Crippen molar-refractivity contribution in [3.8, 4) is 0 Å². The van der Waals surface area contributed by atoms with Gasteiger partial charge in [0, 0.05) is 22.9 Å². The Morgan fingerprint density at radius 2 is 2.06 bits per heavy atom. The molecule has 0 aliphatic rings. The highest BCUT2D eigenvalue weighted by Gasteiger charge is 2.19. The van der Waals surface area contributed by atoms with Crippen LogP contribution in [0, 0.1) is 0 Å². The van der Waals surface area contributed by atoms with E-state index in [1.54, 1.807) is 6.92 Å². The third-order valence-corrected chi connectivity index (χ3v) is 3.27. The van der Waals surface area contributed by atoms with Crippen LogP contribution in [0.15, 0.2) is 17.6 Å². The predicted molar refractivity (Wildman–Crippen MR) is 63.3 cm³/mol. The van der Waals surface area contributed by atoms with Crippen LogP contribution >= 0.6 is 10.7 Å². The van der Waals surface area contributed by atoms with Gasteiger partial charge in [-0.1, -0.05) is 0 Å². The number of aromatic nitrogens is 2. The van der Waals surface area contributed by atoms with Crippen molar-refractivity contribution in [2.45, 2.75) is 37.9 Å². The van der Waals surface area contributed by atoms with E-state index in [1.165, 1.54) is 17.1 Å². The second kappa shape index (κ2) is 5.05. The fourth-order valence-corrected chi connectivity index (χ4v) is 1.86. The van der Waals surface area contributed by atoms with Gasteiger partial charge in [-0.3, -0.25) is 4.79 Å². The molecule has 17 heavy (non-hydrogen) atoms. The second-order valence-electron chi connectivity index (χ2n) is 3.94. The molecule has 0 aliphatic carbocycles. The van der Waals surface area contributed by atoms with Gasteiger partial charge in [-0.25, -0.2) is 13.4 Å². The summed E-state index contributed by atoms with van der Waals surface area (Å²) in [6.45, 7) is 5.32. The molecule has 0 saturated heterocycles. The Hall–Kier alpha value is -1.08. The Kier molecular flexibility index (Phi) is 4.16. The molecule has 0 spiro atoms. The monoisotopic (exact) mass is 279 g/mol. The van der Waals surface area contributed by atoms with Gasteiger partial charge in [-0.2, -0.15) is 0 Å². The van der Waals surface area contributed by atoms with Gasteiger partial charge in [-0.15, -0.1) is 0 Å². The maximum absolute atomic E-state index is 11.7. The lowest BCUT2D eigenvalue weighted by molar-refractivity contribution is -0.124. The van der Waals surface area contributed by atoms with E-state index in [1.807, 2.05) is 13.8 Å². The number of nitrogens with zero attached hydrogens (tertiary/aromatic N) is 2. The molecular weight excluding hydrogens is 266 g/mol. The molecule has 1 rings (SSSR count). The van der Waals surface area contributed by atoms with E-state index < -0.39 is 15.1 Å². The molecule has 8 heteroatoms. The molecular formula is C9H14ClN3O3S. The first-order valence-corrected chi connectivity index (χ1v) is 7.31. The van der Waals surface area contributed by atoms with Gasteiger partial charge in [0.1, 0.15) is 6.04 Å². The number of nitrogens with one attached hydrogen (secondary N) is 1. The molecule has 1 unspecified atom stereocenters. The normalized spacial score (nSPS) is 13.7. The van der Waals surface area contributed by atoms with Crippen LogP contribution in [-0.4, -0.2) is 29.9 Å². The molecule has 96 valence electrons. The molecule has 0 bridgehead atoms. The van der Waals surface area contributed by atoms with Crippen LogP contribution in [0.2, 0.25) is 0 Å². The molecule has 0 aliphatic heterocycles. The molecule has 1 N–H and O–H groups in total. The van der Waals surface area contributed by atoms with E-state index >= 15 is 0 Å². The zero-order chi connectivity index (χ0) is 13.2. The number of rotatable bonds is 4. The van der Waals surface area contributed by atoms with Crippen molar-refractivity contribution in [3.05, 3.63) is 12.5 Å². The quantitative estimate of drug-likeness (QED) is 0.830. The first-order chi connectivity index (χ1) is 7.71. The highest BCUT2D eigenvalue weighted by molar-refractivity contribution is 8.13. The maximum atomic E-state index is 11.7. The topological polar surface area (TPSA) is 81.1 Å². The van der Waals surface area contributed by atoms with Crippen LogP contribution < -0.4 is 5.32 Å². The third kappa shape index (κ3) is 3.71. The van der Waals surface area contributed by atoms with Crippen molar-refractivity contribution in [1.29, 1.82) is 0 Å². The van der Waals surface area contributed by atoms with Crippen LogP contribution in [0.3, 0.4) is 0 Å². The number of amides is 1. The SMILES string of the molecule is CC(C)NC(=O)C(C)n1cnc(S(=O)(=O)Cl)c1. The van der Waals surface area contributed by atoms with Gasteiger partial charge in [0.2, 0.25) is 5.91 Å². The molecule has 0 fully saturated rings. The Balaban J connectivity index is 2.87. The first-order valence-electron chi connectivity index (χ1n) is 5.00. The third-order valence-electron chi connectivity index (χ3n) is 2.09. The smallest absolute Gasteiger partial charge is 0.280 e. The Morgan fingerprint density at radius 3 is 2.47 bits per heavy atom. The average molecular weight is 280 g/mol. The zero-order valence-corrected chi connectivity index (χ0v) is 11.3. The van der Waals surface area contributed by atoms with Crippen LogP contribution in [0.1, 0.15) is 26.8 Å². The standard InChI is InChI=1S/C9H14ClN3O3S/c1-6(2)12-9(14)7(3)13-4-8(11-5-13)17(10,15)16/h4-7H,1-3H3,(H,12,14). The fourth-order valence-electron chi connectivity index (χ4n) is 1.20. The second-order valence-corrected chi connectivity index (χ2v) is 6.45. The lowest BCUT2D eigenvalue weighted by Crippen LogP contribution is -2.35. The summed E-state index contributed by atoms with van der Waals surface area (Å²) in [5.74, 6) is -0.212. The minimum Gasteiger partial charge on any atom is -0.352 e. The van der Waals surface area contributed by atoms with E-state index in [2.05, 4.69) is 10.3 Å². The number of carbonyl (C=O) groups excluding carboxylic acids is 1. The van der Waals surface area contributed by atoms with Crippen molar-refractivity contribution in [2.75, 3.05) is 0 Å². The summed E-state index contributed by atoms with van der Waals surface area (Å²) in [7, 11) is 1.28. The van der Waals surface area contributed by atoms with Gasteiger partial charge >= 0.3 is 0 Å². The molecule has 0 radical (unpaired) electrons. The molecule has 1 aromatic rings. The van der Waals surface area contributed by atoms with E-state index in [9.17, 15) is 13.2 Å². The Labute approximate surface area is 104 Å². The molecule has 1 atom stereocenters. The molecule has 1 amide bonds. The van der Waals surface area contributed by atoms with Gasteiger partial charge in [0.25, 0.3) is 9.05 Å². The summed E-state index contributed by atoms with van der Waals surface area (Å²) in [6, 6.07) is -0.526. The van der Waals surface area contributed by atoms with E-state index in [0.29, 0.717) is 0 Å². The maximum Gasteiger partial charge on any atom is 0.280 e. The van der Waals surface area contributed by atoms with Crippen molar-refractivity contribution >= 4 is 25.6 Å². The van der Waals surface area contributed by atoms with Crippen LogP contribution in [0.25, 0.3) is 0 Å². The van der Waals surface area contributed by atoms with Crippen molar-refractivity contribution in [1.82, 2.24) is 14.9 Å². The summed E-state index contributed by atoms with van der Waals surface area (Å²) < 4.78 is 23.4. The summed E-state index contributed by atoms with van der Waals surface area (Å²) in [4.78, 5) is 15.3. The molecule has 1 aromatic heterocycles. The predicted octanol–water partition coefficient (Wildman–Crippen LogP) is 0.896. The Morgan fingerprint density at radius 1 is 1.47 bits per heavy atom. The molecule has 0 saturated carbocycles. The number of imidazole rings is 1. The summed E-state index contributed by atoms with van der Waals surface area (Å²) >= 11 is 0. The summed E-state index contributed by atoms with van der Waals surface area (Å²) in [5, 5.41) is 2.46. The molecule has 1 heterocycles. The average Bonchev–Trinajstić information content (AvgIpc) is 2.63. The van der Waals surface area contributed by atoms with Gasteiger partial charge in [0.05, 0.1) is 6.33 Å². The minimum absolute atomic E-state index is 0.0182. The number of hydrogen-bond donors (Lipinski definition) is 1. The van der Waals surface area contributed by atoms with Crippen molar-refractivity contribution in [3.63, 3.8) is 0 Å². The summed E-state index contributed by atoms with van der Waals surface area (Å²) in [6.07, 6.45) is 2.49. The van der Waals surface area contributed by atoms with Crippen molar-refractivity contribution < 1.29 is 13.2 Å². The molecule has 0 aromatic carbocycles. The van der Waals surface area contributed by atoms with Crippen LogP contribution in [0.4, 0.5) is 0 Å². The van der Waals surface area contributed by atoms with Crippen LogP contribution in [-0.2, 0) is 13.8 Å². The number of halogens is 1. The van der Waals surface area contributed by atoms with E-state index in [4.69, 9.17) is 10.7 Å². The van der Waals surface area contributed by atoms with Gasteiger partial charge in [0.15, 0.2) is 5.03 Å². The van der Waals surface area contributed by atoms with E-state index in [0.717, 1.165) is 0 Å². The lowest BCUT2D eigenvalue weighted by Gasteiger charge is -2.15. The first kappa shape index (κ1) is 14.0. The number of hydrogen-bond acceptors (Lipinski definition) is 4. The van der Waals surface area contributed by atoms with Crippen molar-refractivity contribution in [2.24, 2.45) is 0 Å². The fraction of sp³-hybridized carbons (Fsp3) is 0.556. The zero-order valence-electron chi connectivity index (χ0n) is 9.71. The minimum atomic E-state index is -3.86. The molecule has 6 nitrogen and oxygen atoms in total.